The van der Waals surface area contributed by atoms with Crippen LogP contribution in [0.1, 0.15) is 22.8 Å². The highest BCUT2D eigenvalue weighted by atomic mass is 35.5. The van der Waals surface area contributed by atoms with E-state index in [0.29, 0.717) is 11.0 Å². The van der Waals surface area contributed by atoms with E-state index in [1.54, 1.807) is 12.1 Å². The van der Waals surface area contributed by atoms with Gasteiger partial charge in [0.05, 0.1) is 5.39 Å². The van der Waals surface area contributed by atoms with Crippen LogP contribution in [0.15, 0.2) is 33.5 Å². The van der Waals surface area contributed by atoms with Gasteiger partial charge in [-0.3, -0.25) is 4.79 Å². The molecule has 0 amide bonds. The number of nitrogens with zero attached hydrogens (tertiary/aromatic N) is 1. The van der Waals surface area contributed by atoms with Crippen LogP contribution in [0.5, 0.6) is 0 Å². The molecule has 2 heterocycles. The zero-order chi connectivity index (χ0) is 15.1. The van der Waals surface area contributed by atoms with E-state index in [2.05, 4.69) is 4.98 Å². The fourth-order valence-corrected chi connectivity index (χ4v) is 2.39. The van der Waals surface area contributed by atoms with E-state index >= 15 is 0 Å². The summed E-state index contributed by atoms with van der Waals surface area (Å²) in [5.74, 6) is -1.22. The first-order valence-electron chi connectivity index (χ1n) is 6.30. The van der Waals surface area contributed by atoms with Crippen molar-refractivity contribution in [2.24, 2.45) is 0 Å². The lowest BCUT2D eigenvalue weighted by Crippen LogP contribution is -2.07. The van der Waals surface area contributed by atoms with Crippen molar-refractivity contribution in [1.29, 1.82) is 0 Å². The molecule has 0 bridgehead atoms. The summed E-state index contributed by atoms with van der Waals surface area (Å²) in [7, 11) is 0. The molecule has 6 heteroatoms. The van der Waals surface area contributed by atoms with E-state index in [-0.39, 0.29) is 27.2 Å². The van der Waals surface area contributed by atoms with Crippen molar-refractivity contribution in [1.82, 2.24) is 4.98 Å². The maximum atomic E-state index is 12.5. The number of carbonyl (C=O) groups is 1. The van der Waals surface area contributed by atoms with Gasteiger partial charge in [-0.1, -0.05) is 24.6 Å². The Morgan fingerprint density at radius 2 is 2.10 bits per heavy atom. The summed E-state index contributed by atoms with van der Waals surface area (Å²) in [5.41, 5.74) is 1.02. The minimum atomic E-state index is -1.22. The first-order valence-corrected chi connectivity index (χ1v) is 6.68. The largest absolute Gasteiger partial charge is 0.478 e. The van der Waals surface area contributed by atoms with Gasteiger partial charge in [-0.2, -0.15) is 0 Å². The van der Waals surface area contributed by atoms with Gasteiger partial charge >= 0.3 is 5.97 Å². The Bertz CT molecular complexity index is 946. The molecule has 3 rings (SSSR count). The van der Waals surface area contributed by atoms with Crippen molar-refractivity contribution in [3.05, 3.63) is 50.8 Å². The smallest absolute Gasteiger partial charge is 0.338 e. The topological polar surface area (TPSA) is 80.4 Å². The fourth-order valence-electron chi connectivity index (χ4n) is 2.17. The Morgan fingerprint density at radius 3 is 2.76 bits per heavy atom. The third-order valence-electron chi connectivity index (χ3n) is 3.30. The molecule has 0 radical (unpaired) electrons. The van der Waals surface area contributed by atoms with Crippen LogP contribution in [0.25, 0.3) is 22.1 Å². The predicted octanol–water partition coefficient (Wildman–Crippen LogP) is 3.26. The Balaban J connectivity index is 2.44. The molecule has 1 N–H and O–H groups in total. The monoisotopic (exact) mass is 303 g/mol. The van der Waals surface area contributed by atoms with E-state index in [1.807, 2.05) is 13.0 Å². The molecule has 0 saturated carbocycles. The second kappa shape index (κ2) is 4.86. The number of hydrogen-bond acceptors (Lipinski definition) is 4. The molecule has 0 aliphatic carbocycles. The zero-order valence-electron chi connectivity index (χ0n) is 11.0. The summed E-state index contributed by atoms with van der Waals surface area (Å²) >= 11 is 5.81. The molecule has 1 aromatic carbocycles. The molecule has 3 aromatic rings. The van der Waals surface area contributed by atoms with Gasteiger partial charge in [-0.25, -0.2) is 9.78 Å². The zero-order valence-corrected chi connectivity index (χ0v) is 11.8. The summed E-state index contributed by atoms with van der Waals surface area (Å²) in [5, 5.41) is 9.21. The predicted molar refractivity (Wildman–Crippen MR) is 79.1 cm³/mol. The van der Waals surface area contributed by atoms with Crippen molar-refractivity contribution in [3.63, 3.8) is 0 Å². The third-order valence-corrected chi connectivity index (χ3v) is 3.59. The number of rotatable bonds is 2. The van der Waals surface area contributed by atoms with Crippen LogP contribution in [0.4, 0.5) is 0 Å². The van der Waals surface area contributed by atoms with Crippen LogP contribution in [0, 0.1) is 0 Å². The van der Waals surface area contributed by atoms with E-state index in [0.717, 1.165) is 12.0 Å². The first-order chi connectivity index (χ1) is 10.0. The molecular weight excluding hydrogens is 294 g/mol. The number of halogens is 1. The van der Waals surface area contributed by atoms with Gasteiger partial charge in [-0.05, 0) is 24.1 Å². The maximum absolute atomic E-state index is 12.5. The number of carboxylic acids is 1. The summed E-state index contributed by atoms with van der Waals surface area (Å²) in [4.78, 5) is 27.4. The summed E-state index contributed by atoms with van der Waals surface area (Å²) < 4.78 is 5.59. The van der Waals surface area contributed by atoms with Crippen molar-refractivity contribution >= 4 is 39.6 Å². The van der Waals surface area contributed by atoms with Crippen LogP contribution in [-0.4, -0.2) is 16.1 Å². The lowest BCUT2D eigenvalue weighted by molar-refractivity contribution is 0.0696. The van der Waals surface area contributed by atoms with E-state index in [1.165, 1.54) is 6.07 Å². The number of aryl methyl sites for hydroxylation is 1. The van der Waals surface area contributed by atoms with Crippen LogP contribution in [0.3, 0.4) is 0 Å². The highest BCUT2D eigenvalue weighted by molar-refractivity contribution is 6.32. The highest BCUT2D eigenvalue weighted by Crippen LogP contribution is 2.23. The van der Waals surface area contributed by atoms with Crippen LogP contribution in [-0.2, 0) is 6.42 Å². The third kappa shape index (κ3) is 2.15. The molecule has 5 nitrogen and oxygen atoms in total. The Morgan fingerprint density at radius 1 is 1.33 bits per heavy atom. The van der Waals surface area contributed by atoms with E-state index < -0.39 is 5.97 Å². The summed E-state index contributed by atoms with van der Waals surface area (Å²) in [6.07, 6.45) is 0.791. The van der Waals surface area contributed by atoms with Gasteiger partial charge in [0, 0.05) is 6.07 Å². The number of pyridine rings is 1. The molecule has 0 aliphatic rings. The fraction of sp³-hybridized carbons (Fsp3) is 0.133. The highest BCUT2D eigenvalue weighted by Gasteiger charge is 2.16. The van der Waals surface area contributed by atoms with Gasteiger partial charge in [0.2, 0.25) is 5.43 Å². The normalized spacial score (nSPS) is 11.1. The lowest BCUT2D eigenvalue weighted by Gasteiger charge is -2.04. The Kier molecular flexibility index (Phi) is 3.14. The van der Waals surface area contributed by atoms with Crippen LogP contribution in [0.2, 0.25) is 5.15 Å². The average molecular weight is 304 g/mol. The van der Waals surface area contributed by atoms with Gasteiger partial charge in [0.25, 0.3) is 0 Å². The molecule has 0 saturated heterocycles. The summed E-state index contributed by atoms with van der Waals surface area (Å²) in [6.45, 7) is 1.98. The SMILES string of the molecule is CCc1ccc2oc3cc(C(=O)O)c(Cl)nc3c(=O)c2c1. The molecule has 106 valence electrons. The molecular formula is C15H10ClNO4. The Hall–Kier alpha value is -2.40. The molecule has 2 aromatic heterocycles. The molecule has 0 unspecified atom stereocenters. The van der Waals surface area contributed by atoms with Crippen LogP contribution >= 0.6 is 11.6 Å². The van der Waals surface area contributed by atoms with Crippen molar-refractivity contribution in [3.8, 4) is 0 Å². The number of aromatic carboxylic acids is 1. The molecule has 0 atom stereocenters. The minimum Gasteiger partial charge on any atom is -0.478 e. The van der Waals surface area contributed by atoms with Gasteiger partial charge in [-0.15, -0.1) is 0 Å². The van der Waals surface area contributed by atoms with Gasteiger partial charge in [0.15, 0.2) is 11.1 Å². The molecule has 21 heavy (non-hydrogen) atoms. The van der Waals surface area contributed by atoms with Crippen LogP contribution < -0.4 is 5.43 Å². The number of fused-ring (bicyclic) bond motifs is 2. The number of hydrogen-bond donors (Lipinski definition) is 1. The lowest BCUT2D eigenvalue weighted by atomic mass is 10.1. The standard InChI is InChI=1S/C15H10ClNO4/c1-2-7-3-4-10-8(5-7)13(18)12-11(21-10)6-9(15(19)20)14(16)17-12/h3-6H,2H2,1H3,(H,19,20). The number of aromatic nitrogens is 1. The maximum Gasteiger partial charge on any atom is 0.338 e. The second-order valence-electron chi connectivity index (χ2n) is 4.59. The number of benzene rings is 1. The Labute approximate surface area is 123 Å². The van der Waals surface area contributed by atoms with E-state index in [9.17, 15) is 9.59 Å². The van der Waals surface area contributed by atoms with Gasteiger partial charge < -0.3 is 9.52 Å². The molecule has 0 aliphatic heterocycles. The summed E-state index contributed by atoms with van der Waals surface area (Å²) in [6, 6.07) is 6.53. The quantitative estimate of drug-likeness (QED) is 0.580. The average Bonchev–Trinajstić information content (AvgIpc) is 2.47. The van der Waals surface area contributed by atoms with Gasteiger partial charge in [0.1, 0.15) is 16.3 Å². The van der Waals surface area contributed by atoms with Crippen molar-refractivity contribution in [2.45, 2.75) is 13.3 Å². The van der Waals surface area contributed by atoms with E-state index in [4.69, 9.17) is 21.1 Å². The first kappa shape index (κ1) is 13.6. The number of carboxylic acid groups (broad SMARTS) is 1. The van der Waals surface area contributed by atoms with Crippen molar-refractivity contribution < 1.29 is 14.3 Å². The van der Waals surface area contributed by atoms with Crippen molar-refractivity contribution in [2.75, 3.05) is 0 Å². The molecule has 0 fully saturated rings. The second-order valence-corrected chi connectivity index (χ2v) is 4.95. The minimum absolute atomic E-state index is 0.0331. The molecule has 0 spiro atoms.